The van der Waals surface area contributed by atoms with E-state index in [4.69, 9.17) is 9.97 Å². The maximum absolute atomic E-state index is 5.04. The Bertz CT molecular complexity index is 2150. The molecule has 4 aromatic heterocycles. The van der Waals surface area contributed by atoms with Gasteiger partial charge in [-0.05, 0) is 89.0 Å². The van der Waals surface area contributed by atoms with Crippen molar-refractivity contribution in [2.45, 2.75) is 0 Å². The Morgan fingerprint density at radius 2 is 0.841 bits per heavy atom. The van der Waals surface area contributed by atoms with Crippen LogP contribution in [0.4, 0.5) is 0 Å². The minimum Gasteiger partial charge on any atom is -0.265 e. The van der Waals surface area contributed by atoms with E-state index >= 15 is 0 Å². The normalized spacial score (nSPS) is 11.2. The smallest absolute Gasteiger partial charge is 0.160 e. The van der Waals surface area contributed by atoms with Crippen molar-refractivity contribution in [3.05, 3.63) is 152 Å². The summed E-state index contributed by atoms with van der Waals surface area (Å²) in [5.41, 5.74) is 11.1. The number of fused-ring (bicyclic) bond motifs is 2. The van der Waals surface area contributed by atoms with E-state index in [1.807, 2.05) is 36.7 Å². The predicted octanol–water partition coefficient (Wildman–Crippen LogP) is 9.30. The Morgan fingerprint density at radius 1 is 0.341 bits per heavy atom. The van der Waals surface area contributed by atoms with Crippen molar-refractivity contribution in [1.82, 2.24) is 24.9 Å². The first-order valence-electron chi connectivity index (χ1n) is 14.5. The second-order valence-corrected chi connectivity index (χ2v) is 10.7. The SMILES string of the molecule is c1cc(-c2ccc3ncccc3c2)cc(-c2cc(-c3cccc(-c4ccc5ncccc5c4)c3)nc(-c3ccncc3)n2)c1. The van der Waals surface area contributed by atoms with E-state index in [2.05, 4.69) is 118 Å². The number of rotatable bonds is 5. The highest BCUT2D eigenvalue weighted by atomic mass is 14.9. The molecule has 0 saturated heterocycles. The lowest BCUT2D eigenvalue weighted by Crippen LogP contribution is -1.96. The second-order valence-electron chi connectivity index (χ2n) is 10.7. The van der Waals surface area contributed by atoms with Crippen LogP contribution < -0.4 is 0 Å². The average molecular weight is 564 g/mol. The molecule has 0 spiro atoms. The topological polar surface area (TPSA) is 64.5 Å². The van der Waals surface area contributed by atoms with Gasteiger partial charge in [-0.25, -0.2) is 9.97 Å². The van der Waals surface area contributed by atoms with Crippen molar-refractivity contribution >= 4 is 21.8 Å². The molecule has 44 heavy (non-hydrogen) atoms. The zero-order valence-corrected chi connectivity index (χ0v) is 23.7. The van der Waals surface area contributed by atoms with Crippen LogP contribution in [0.3, 0.4) is 0 Å². The monoisotopic (exact) mass is 563 g/mol. The molecule has 8 rings (SSSR count). The Balaban J connectivity index is 1.24. The molecule has 0 aliphatic carbocycles. The molecule has 4 aromatic carbocycles. The molecule has 0 unspecified atom stereocenters. The molecule has 0 atom stereocenters. The fraction of sp³-hybridized carbons (Fsp3) is 0. The van der Waals surface area contributed by atoms with Gasteiger partial charge in [0.1, 0.15) is 0 Å². The number of hydrogen-bond acceptors (Lipinski definition) is 5. The molecule has 0 N–H and O–H groups in total. The summed E-state index contributed by atoms with van der Waals surface area (Å²) >= 11 is 0. The minimum atomic E-state index is 0.657. The summed E-state index contributed by atoms with van der Waals surface area (Å²) in [7, 11) is 0. The van der Waals surface area contributed by atoms with Gasteiger partial charge in [0.2, 0.25) is 0 Å². The summed E-state index contributed by atoms with van der Waals surface area (Å²) < 4.78 is 0. The van der Waals surface area contributed by atoms with E-state index in [-0.39, 0.29) is 0 Å². The van der Waals surface area contributed by atoms with E-state index < -0.39 is 0 Å². The van der Waals surface area contributed by atoms with E-state index in [1.54, 1.807) is 12.4 Å². The molecule has 8 aromatic rings. The van der Waals surface area contributed by atoms with Gasteiger partial charge in [0.05, 0.1) is 22.4 Å². The van der Waals surface area contributed by atoms with Gasteiger partial charge in [-0.15, -0.1) is 0 Å². The van der Waals surface area contributed by atoms with Crippen molar-refractivity contribution < 1.29 is 0 Å². The van der Waals surface area contributed by atoms with Crippen LogP contribution in [0.5, 0.6) is 0 Å². The molecular weight excluding hydrogens is 538 g/mol. The lowest BCUT2D eigenvalue weighted by molar-refractivity contribution is 1.18. The van der Waals surface area contributed by atoms with Crippen molar-refractivity contribution in [3.8, 4) is 56.2 Å². The zero-order valence-electron chi connectivity index (χ0n) is 23.7. The number of nitrogens with zero attached hydrogens (tertiary/aromatic N) is 5. The molecule has 0 fully saturated rings. The first kappa shape index (κ1) is 25.6. The van der Waals surface area contributed by atoms with Crippen LogP contribution in [-0.2, 0) is 0 Å². The number of pyridine rings is 3. The summed E-state index contributed by atoms with van der Waals surface area (Å²) in [6, 6.07) is 43.9. The standard InChI is InChI=1S/C39H25N5/c1-5-27(29-11-13-35-31(23-29)9-3-17-41-35)21-33(7-1)37-25-38(44-39(43-37)26-15-19-40-20-16-26)34-8-2-6-28(22-34)30-12-14-36-32(24-30)10-4-18-42-36/h1-25H. The van der Waals surface area contributed by atoms with Crippen molar-refractivity contribution in [2.24, 2.45) is 0 Å². The molecule has 0 radical (unpaired) electrons. The Labute approximate surface area is 254 Å². The van der Waals surface area contributed by atoms with Gasteiger partial charge >= 0.3 is 0 Å². The number of hydrogen-bond donors (Lipinski definition) is 0. The summed E-state index contributed by atoms with van der Waals surface area (Å²) in [5.74, 6) is 0.657. The average Bonchev–Trinajstić information content (AvgIpc) is 3.11. The lowest BCUT2D eigenvalue weighted by atomic mass is 9.98. The van der Waals surface area contributed by atoms with Gasteiger partial charge in [0.25, 0.3) is 0 Å². The first-order valence-corrected chi connectivity index (χ1v) is 14.5. The highest BCUT2D eigenvalue weighted by molar-refractivity contribution is 5.87. The minimum absolute atomic E-state index is 0.657. The molecule has 206 valence electrons. The number of benzene rings is 4. The fourth-order valence-electron chi connectivity index (χ4n) is 5.60. The van der Waals surface area contributed by atoms with Gasteiger partial charge in [0, 0.05) is 52.3 Å². The molecule has 0 bridgehead atoms. The van der Waals surface area contributed by atoms with Crippen LogP contribution in [0.2, 0.25) is 0 Å². The zero-order chi connectivity index (χ0) is 29.3. The largest absolute Gasteiger partial charge is 0.265 e. The molecule has 0 saturated carbocycles. The maximum atomic E-state index is 5.04. The molecule has 4 heterocycles. The third kappa shape index (κ3) is 4.97. The third-order valence-corrected chi connectivity index (χ3v) is 7.85. The van der Waals surface area contributed by atoms with Crippen molar-refractivity contribution in [3.63, 3.8) is 0 Å². The summed E-state index contributed by atoms with van der Waals surface area (Å²) in [5, 5.41) is 2.23. The highest BCUT2D eigenvalue weighted by Crippen LogP contribution is 2.33. The van der Waals surface area contributed by atoms with Gasteiger partial charge < -0.3 is 0 Å². The molecule has 0 aliphatic heterocycles. The van der Waals surface area contributed by atoms with Crippen molar-refractivity contribution in [2.75, 3.05) is 0 Å². The summed E-state index contributed by atoms with van der Waals surface area (Å²) in [6.07, 6.45) is 7.19. The van der Waals surface area contributed by atoms with Gasteiger partial charge in [0.15, 0.2) is 5.82 Å². The molecule has 5 heteroatoms. The number of aromatic nitrogens is 5. The Hall–Kier alpha value is -6.07. The quantitative estimate of drug-likeness (QED) is 0.209. The molecular formula is C39H25N5. The maximum Gasteiger partial charge on any atom is 0.160 e. The van der Waals surface area contributed by atoms with Crippen LogP contribution >= 0.6 is 0 Å². The molecule has 5 nitrogen and oxygen atoms in total. The second kappa shape index (κ2) is 11.0. The molecule has 0 aliphatic rings. The first-order chi connectivity index (χ1) is 21.8. The third-order valence-electron chi connectivity index (χ3n) is 7.85. The summed E-state index contributed by atoms with van der Waals surface area (Å²) in [4.78, 5) is 23.2. The van der Waals surface area contributed by atoms with Crippen LogP contribution in [0.1, 0.15) is 0 Å². The van der Waals surface area contributed by atoms with Crippen molar-refractivity contribution in [1.29, 1.82) is 0 Å². The Morgan fingerprint density at radius 3 is 1.39 bits per heavy atom. The Kier molecular flexibility index (Phi) is 6.39. The fourth-order valence-corrected chi connectivity index (χ4v) is 5.60. The van der Waals surface area contributed by atoms with E-state index in [0.29, 0.717) is 5.82 Å². The van der Waals surface area contributed by atoms with Gasteiger partial charge in [-0.3, -0.25) is 15.0 Å². The van der Waals surface area contributed by atoms with Crippen LogP contribution in [0.15, 0.2) is 152 Å². The van der Waals surface area contributed by atoms with E-state index in [0.717, 1.165) is 72.1 Å². The highest BCUT2D eigenvalue weighted by Gasteiger charge is 2.13. The van der Waals surface area contributed by atoms with E-state index in [1.165, 1.54) is 0 Å². The van der Waals surface area contributed by atoms with E-state index in [9.17, 15) is 0 Å². The van der Waals surface area contributed by atoms with Crippen LogP contribution in [0, 0.1) is 0 Å². The predicted molar refractivity (Wildman–Crippen MR) is 178 cm³/mol. The molecule has 0 amide bonds. The summed E-state index contributed by atoms with van der Waals surface area (Å²) in [6.45, 7) is 0. The van der Waals surface area contributed by atoms with Gasteiger partial charge in [-0.1, -0.05) is 60.7 Å². The van der Waals surface area contributed by atoms with Crippen LogP contribution in [-0.4, -0.2) is 24.9 Å². The lowest BCUT2D eigenvalue weighted by Gasteiger charge is -2.12. The van der Waals surface area contributed by atoms with Crippen LogP contribution in [0.25, 0.3) is 78.0 Å². The van der Waals surface area contributed by atoms with Gasteiger partial charge in [-0.2, -0.15) is 0 Å².